The third kappa shape index (κ3) is 7.29. The molecule has 4 aromatic rings. The van der Waals surface area contributed by atoms with Gasteiger partial charge in [-0.2, -0.15) is 0 Å². The smallest absolute Gasteiger partial charge is 0.361 e. The van der Waals surface area contributed by atoms with Crippen LogP contribution < -0.4 is 20.1 Å². The van der Waals surface area contributed by atoms with Crippen molar-refractivity contribution in [2.24, 2.45) is 0 Å². The van der Waals surface area contributed by atoms with E-state index in [-0.39, 0.29) is 11.8 Å². The van der Waals surface area contributed by atoms with Crippen molar-refractivity contribution in [3.05, 3.63) is 107 Å². The largest absolute Gasteiger partial charge is 0.457 e. The molecule has 0 radical (unpaired) electrons. The van der Waals surface area contributed by atoms with Gasteiger partial charge in [-0.3, -0.25) is 9.13 Å². The van der Waals surface area contributed by atoms with E-state index in [1.54, 1.807) is 0 Å². The summed E-state index contributed by atoms with van der Waals surface area (Å²) in [7, 11) is -2.32. The zero-order valence-electron chi connectivity index (χ0n) is 28.9. The topological polar surface area (TPSA) is 89.5 Å². The average Bonchev–Trinajstić information content (AvgIpc) is 3.07. The highest BCUT2D eigenvalue weighted by Crippen LogP contribution is 2.55. The van der Waals surface area contributed by atoms with Crippen molar-refractivity contribution in [2.75, 3.05) is 28.4 Å². The molecule has 0 unspecified atom stereocenters. The first-order valence-corrected chi connectivity index (χ1v) is 18.6. The van der Waals surface area contributed by atoms with E-state index in [0.29, 0.717) is 55.9 Å². The summed E-state index contributed by atoms with van der Waals surface area (Å²) < 4.78 is 64.6. The zero-order valence-corrected chi connectivity index (χ0v) is 30.7. The Morgan fingerprint density at radius 2 is 0.830 bits per heavy atom. The predicted octanol–water partition coefficient (Wildman–Crippen LogP) is 10.1. The molecule has 0 aliphatic heterocycles. The minimum atomic E-state index is -3.90. The number of benzene rings is 4. The van der Waals surface area contributed by atoms with Crippen LogP contribution in [0.25, 0.3) is 0 Å². The first-order chi connectivity index (χ1) is 22.3. The van der Waals surface area contributed by atoms with Gasteiger partial charge in [0.05, 0.1) is 10.6 Å². The Kier molecular flexibility index (Phi) is 11.6. The molecule has 0 heterocycles. The van der Waals surface area contributed by atoms with Gasteiger partial charge in [0.15, 0.2) is 0 Å². The minimum absolute atomic E-state index is 0.144. The van der Waals surface area contributed by atoms with Gasteiger partial charge in [-0.25, -0.2) is 0 Å². The van der Waals surface area contributed by atoms with Crippen molar-refractivity contribution in [1.82, 2.24) is 0 Å². The first-order valence-electron chi connectivity index (χ1n) is 15.5. The van der Waals surface area contributed by atoms with Crippen molar-refractivity contribution < 1.29 is 36.7 Å². The van der Waals surface area contributed by atoms with E-state index in [1.165, 1.54) is 28.4 Å². The summed E-state index contributed by atoms with van der Waals surface area (Å²) in [5.41, 5.74) is 1.72. The molecule has 4 aromatic carbocycles. The molecule has 0 fully saturated rings. The highest BCUT2D eigenvalue weighted by Gasteiger charge is 2.44. The summed E-state index contributed by atoms with van der Waals surface area (Å²) in [5, 5.41) is 0.782. The van der Waals surface area contributed by atoms with E-state index in [2.05, 4.69) is 0 Å². The Morgan fingerprint density at radius 3 is 1.11 bits per heavy atom. The standard InChI is InChI=1S/C37H46O8P2/c1-25(2)33-31(44-27-17-13-11-14-18-27)23-21-29(35(33)46(38,40-7)41-8)37(5,6)30-22-24-32(45-28-19-15-12-16-20-28)34(26(3)4)36(30)47(39,42-9)43-10/h11-26H,1-10H3. The lowest BCUT2D eigenvalue weighted by atomic mass is 9.75. The fourth-order valence-corrected chi connectivity index (χ4v) is 9.62. The van der Waals surface area contributed by atoms with E-state index in [4.69, 9.17) is 27.6 Å². The molecule has 10 heteroatoms. The van der Waals surface area contributed by atoms with Crippen molar-refractivity contribution in [3.63, 3.8) is 0 Å². The summed E-state index contributed by atoms with van der Waals surface area (Å²) in [5.74, 6) is 2.05. The molecular formula is C37H46O8P2. The second kappa shape index (κ2) is 14.9. The SMILES string of the molecule is COP(=O)(OC)c1c(C(C)(C)c2ccc(Oc3ccccc3)c(C(C)C)c2P(=O)(OC)OC)ccc(Oc2ccccc2)c1C(C)C. The molecule has 0 saturated carbocycles. The summed E-state index contributed by atoms with van der Waals surface area (Å²) in [4.78, 5) is 0. The van der Waals surface area contributed by atoms with Crippen LogP contribution in [0.1, 0.15) is 75.6 Å². The van der Waals surface area contributed by atoms with E-state index in [0.717, 1.165) is 0 Å². The van der Waals surface area contributed by atoms with Crippen molar-refractivity contribution >= 4 is 25.8 Å². The number of ether oxygens (including phenoxy) is 2. The van der Waals surface area contributed by atoms with Crippen LogP contribution >= 0.6 is 15.2 Å². The van der Waals surface area contributed by atoms with Gasteiger partial charge >= 0.3 is 15.2 Å². The van der Waals surface area contributed by atoms with Crippen LogP contribution in [0.4, 0.5) is 0 Å². The number of rotatable bonds is 14. The lowest BCUT2D eigenvalue weighted by Crippen LogP contribution is -2.35. The molecule has 8 nitrogen and oxygen atoms in total. The normalized spacial score (nSPS) is 12.5. The Labute approximate surface area is 279 Å². The molecule has 0 spiro atoms. The summed E-state index contributed by atoms with van der Waals surface area (Å²) in [6.07, 6.45) is 0. The van der Waals surface area contributed by atoms with E-state index in [9.17, 15) is 9.13 Å². The molecule has 0 aliphatic carbocycles. The molecule has 0 aromatic heterocycles. The average molecular weight is 681 g/mol. The molecule has 0 N–H and O–H groups in total. The van der Waals surface area contributed by atoms with Crippen LogP contribution in [0.15, 0.2) is 84.9 Å². The Balaban J connectivity index is 2.10. The molecule has 252 valence electrons. The van der Waals surface area contributed by atoms with Gasteiger partial charge in [0, 0.05) is 45.0 Å². The highest BCUT2D eigenvalue weighted by molar-refractivity contribution is 7.62. The zero-order chi connectivity index (χ0) is 34.6. The Hall–Kier alpha value is -3.22. The van der Waals surface area contributed by atoms with Crippen LogP contribution in [0, 0.1) is 0 Å². The van der Waals surface area contributed by atoms with Crippen LogP contribution in [0.5, 0.6) is 23.0 Å². The summed E-state index contributed by atoms with van der Waals surface area (Å²) in [6, 6.07) is 26.3. The van der Waals surface area contributed by atoms with Crippen molar-refractivity contribution in [3.8, 4) is 23.0 Å². The van der Waals surface area contributed by atoms with E-state index < -0.39 is 20.6 Å². The molecule has 0 aliphatic rings. The molecule has 4 rings (SSSR count). The monoisotopic (exact) mass is 680 g/mol. The Morgan fingerprint density at radius 1 is 0.511 bits per heavy atom. The second-order valence-corrected chi connectivity index (χ2v) is 16.6. The predicted molar refractivity (Wildman–Crippen MR) is 189 cm³/mol. The maximum absolute atomic E-state index is 14.6. The third-order valence-electron chi connectivity index (χ3n) is 8.31. The summed E-state index contributed by atoms with van der Waals surface area (Å²) in [6.45, 7) is 12.0. The minimum Gasteiger partial charge on any atom is -0.457 e. The maximum atomic E-state index is 14.6. The first kappa shape index (κ1) is 36.6. The highest BCUT2D eigenvalue weighted by atomic mass is 31.2. The molecule has 0 atom stereocenters. The number of hydrogen-bond acceptors (Lipinski definition) is 8. The Bertz CT molecular complexity index is 1620. The van der Waals surface area contributed by atoms with Gasteiger partial charge in [0.1, 0.15) is 23.0 Å². The fraction of sp³-hybridized carbons (Fsp3) is 0.351. The number of hydrogen-bond donors (Lipinski definition) is 0. The van der Waals surface area contributed by atoms with Crippen LogP contribution in [-0.4, -0.2) is 28.4 Å². The molecule has 0 bridgehead atoms. The van der Waals surface area contributed by atoms with E-state index in [1.807, 2.05) is 126 Å². The fourth-order valence-electron chi connectivity index (χ4n) is 5.96. The second-order valence-electron chi connectivity index (χ2n) is 12.2. The van der Waals surface area contributed by atoms with Gasteiger partial charge in [-0.05, 0) is 59.4 Å². The van der Waals surface area contributed by atoms with Gasteiger partial charge in [0.2, 0.25) is 0 Å². The van der Waals surface area contributed by atoms with Crippen LogP contribution in [-0.2, 0) is 32.6 Å². The van der Waals surface area contributed by atoms with Crippen LogP contribution in [0.2, 0.25) is 0 Å². The van der Waals surface area contributed by atoms with Gasteiger partial charge < -0.3 is 27.6 Å². The maximum Gasteiger partial charge on any atom is 0.361 e. The molecular weight excluding hydrogens is 634 g/mol. The number of para-hydroxylation sites is 2. The lowest BCUT2D eigenvalue weighted by Gasteiger charge is -2.36. The van der Waals surface area contributed by atoms with Crippen molar-refractivity contribution in [2.45, 2.75) is 58.8 Å². The molecule has 47 heavy (non-hydrogen) atoms. The van der Waals surface area contributed by atoms with E-state index >= 15 is 0 Å². The van der Waals surface area contributed by atoms with Gasteiger partial charge in [-0.1, -0.05) is 90.1 Å². The third-order valence-corrected chi connectivity index (χ3v) is 12.3. The lowest BCUT2D eigenvalue weighted by molar-refractivity contribution is 0.286. The molecule has 0 amide bonds. The van der Waals surface area contributed by atoms with Crippen LogP contribution in [0.3, 0.4) is 0 Å². The molecule has 0 saturated heterocycles. The summed E-state index contributed by atoms with van der Waals surface area (Å²) >= 11 is 0. The van der Waals surface area contributed by atoms with Gasteiger partial charge in [0.25, 0.3) is 0 Å². The van der Waals surface area contributed by atoms with Gasteiger partial charge in [-0.15, -0.1) is 0 Å². The van der Waals surface area contributed by atoms with Crippen molar-refractivity contribution in [1.29, 1.82) is 0 Å². The quantitative estimate of drug-likeness (QED) is 0.122.